The van der Waals surface area contributed by atoms with Crippen molar-refractivity contribution in [3.05, 3.63) is 41.7 Å². The fourth-order valence-corrected chi connectivity index (χ4v) is 5.00. The molecule has 1 aliphatic rings. The molecule has 9 nitrogen and oxygen atoms in total. The Labute approximate surface area is 188 Å². The molecule has 1 fully saturated rings. The van der Waals surface area contributed by atoms with Crippen molar-refractivity contribution in [1.82, 2.24) is 14.8 Å². The zero-order valence-corrected chi connectivity index (χ0v) is 18.7. The van der Waals surface area contributed by atoms with Crippen LogP contribution in [0.2, 0.25) is 0 Å². The van der Waals surface area contributed by atoms with E-state index >= 15 is 0 Å². The van der Waals surface area contributed by atoms with Gasteiger partial charge in [0, 0.05) is 25.1 Å². The number of hydrogen-bond donors (Lipinski definition) is 2. The molecule has 180 valence electrons. The van der Waals surface area contributed by atoms with Crippen molar-refractivity contribution < 1.29 is 35.7 Å². The first-order valence-electron chi connectivity index (χ1n) is 10.1. The number of carbonyl (C=O) groups is 2. The van der Waals surface area contributed by atoms with Crippen LogP contribution in [0.4, 0.5) is 19.0 Å². The maximum Gasteiger partial charge on any atom is 0.417 e. The third kappa shape index (κ3) is 5.90. The Balaban J connectivity index is 1.59. The van der Waals surface area contributed by atoms with E-state index in [1.54, 1.807) is 13.0 Å². The molecule has 0 spiro atoms. The van der Waals surface area contributed by atoms with Gasteiger partial charge in [-0.3, -0.25) is 9.59 Å². The minimum Gasteiger partial charge on any atom is -0.360 e. The van der Waals surface area contributed by atoms with Gasteiger partial charge in [-0.15, -0.1) is 0 Å². The summed E-state index contributed by atoms with van der Waals surface area (Å²) in [6.07, 6.45) is -4.19. The van der Waals surface area contributed by atoms with Gasteiger partial charge < -0.3 is 14.7 Å². The van der Waals surface area contributed by atoms with Gasteiger partial charge in [-0.25, -0.2) is 8.42 Å². The van der Waals surface area contributed by atoms with E-state index in [1.807, 2.05) is 4.72 Å². The number of aromatic nitrogens is 1. The number of rotatable bonds is 6. The third-order valence-corrected chi connectivity index (χ3v) is 6.84. The number of alkyl halides is 3. The van der Waals surface area contributed by atoms with Crippen molar-refractivity contribution >= 4 is 27.7 Å². The molecule has 2 heterocycles. The summed E-state index contributed by atoms with van der Waals surface area (Å²) < 4.78 is 71.6. The first kappa shape index (κ1) is 24.7. The zero-order chi connectivity index (χ0) is 24.4. The molecule has 33 heavy (non-hydrogen) atoms. The Hall–Kier alpha value is -2.93. The highest BCUT2D eigenvalue weighted by Crippen LogP contribution is 2.34. The number of hydrogen-bond acceptors (Lipinski definition) is 6. The topological polar surface area (TPSA) is 122 Å². The highest BCUT2D eigenvalue weighted by Gasteiger charge is 2.38. The molecule has 0 radical (unpaired) electrons. The molecule has 0 saturated carbocycles. The number of piperidine rings is 1. The molecular weight excluding hydrogens is 465 g/mol. The van der Waals surface area contributed by atoms with Crippen LogP contribution in [0.1, 0.15) is 31.1 Å². The van der Waals surface area contributed by atoms with E-state index in [0.717, 1.165) is 12.1 Å². The van der Waals surface area contributed by atoms with Gasteiger partial charge in [-0.1, -0.05) is 17.3 Å². The van der Waals surface area contributed by atoms with Gasteiger partial charge in [0.15, 0.2) is 5.82 Å². The molecule has 1 atom stereocenters. The number of halogens is 3. The van der Waals surface area contributed by atoms with E-state index in [1.165, 1.54) is 17.9 Å². The smallest absolute Gasteiger partial charge is 0.360 e. The predicted molar refractivity (Wildman–Crippen MR) is 110 cm³/mol. The molecule has 2 N–H and O–H groups in total. The Morgan fingerprint density at radius 1 is 1.21 bits per heavy atom. The number of aryl methyl sites for hydroxylation is 1. The molecule has 1 aromatic carbocycles. The second-order valence-corrected chi connectivity index (χ2v) is 9.43. The van der Waals surface area contributed by atoms with Crippen LogP contribution in [0.15, 0.2) is 39.8 Å². The lowest BCUT2D eigenvalue weighted by molar-refractivity contribution is -0.139. The second kappa shape index (κ2) is 9.51. The van der Waals surface area contributed by atoms with Gasteiger partial charge in [0.1, 0.15) is 5.76 Å². The number of sulfonamides is 1. The summed E-state index contributed by atoms with van der Waals surface area (Å²) >= 11 is 0. The van der Waals surface area contributed by atoms with Gasteiger partial charge in [0.2, 0.25) is 21.8 Å². The van der Waals surface area contributed by atoms with Crippen LogP contribution >= 0.6 is 0 Å². The second-order valence-electron chi connectivity index (χ2n) is 7.75. The predicted octanol–water partition coefficient (Wildman–Crippen LogP) is 2.55. The lowest BCUT2D eigenvalue weighted by Crippen LogP contribution is -2.50. The van der Waals surface area contributed by atoms with E-state index in [2.05, 4.69) is 10.5 Å². The van der Waals surface area contributed by atoms with E-state index in [0.29, 0.717) is 24.7 Å². The van der Waals surface area contributed by atoms with Gasteiger partial charge in [-0.2, -0.15) is 17.9 Å². The minimum atomic E-state index is -4.87. The average Bonchev–Trinajstić information content (AvgIpc) is 3.16. The van der Waals surface area contributed by atoms with E-state index in [4.69, 9.17) is 4.52 Å². The number of nitrogens with one attached hydrogen (secondary N) is 2. The number of nitrogens with zero attached hydrogens (tertiary/aromatic N) is 2. The third-order valence-electron chi connectivity index (χ3n) is 5.24. The summed E-state index contributed by atoms with van der Waals surface area (Å²) in [7, 11) is -4.61. The molecule has 1 aromatic heterocycles. The molecule has 0 unspecified atom stereocenters. The Bertz CT molecular complexity index is 1120. The van der Waals surface area contributed by atoms with Crippen LogP contribution in [0.5, 0.6) is 0 Å². The number of likely N-dealkylation sites (tertiary alicyclic amines) is 1. The highest BCUT2D eigenvalue weighted by atomic mass is 32.2. The normalized spacial score (nSPS) is 16.5. The lowest BCUT2D eigenvalue weighted by atomic mass is 9.95. The average molecular weight is 488 g/mol. The van der Waals surface area contributed by atoms with E-state index in [9.17, 15) is 31.2 Å². The fraction of sp³-hybridized carbons (Fsp3) is 0.450. The minimum absolute atomic E-state index is 0.194. The van der Waals surface area contributed by atoms with Crippen LogP contribution < -0.4 is 10.0 Å². The Morgan fingerprint density at radius 3 is 2.42 bits per heavy atom. The molecule has 0 bridgehead atoms. The molecule has 3 rings (SSSR count). The maximum absolute atomic E-state index is 13.2. The SMILES string of the molecule is Cc1cc(NC(=O)C2CCN(C(=O)[C@H](C)NS(=O)(=O)c3ccccc3C(F)(F)F)CC2)no1. The van der Waals surface area contributed by atoms with Crippen LogP contribution in [0, 0.1) is 12.8 Å². The Morgan fingerprint density at radius 2 is 1.85 bits per heavy atom. The zero-order valence-electron chi connectivity index (χ0n) is 17.8. The van der Waals surface area contributed by atoms with E-state index < -0.39 is 38.6 Å². The maximum atomic E-state index is 13.2. The van der Waals surface area contributed by atoms with Crippen LogP contribution in [0.25, 0.3) is 0 Å². The number of amides is 2. The summed E-state index contributed by atoms with van der Waals surface area (Å²) in [5, 5.41) is 6.33. The fourth-order valence-electron chi connectivity index (χ4n) is 3.57. The molecule has 13 heteroatoms. The standard InChI is InChI=1S/C20H23F3N4O5S/c1-12-11-17(25-32-12)24-18(28)14-7-9-27(10-8-14)19(29)13(2)26-33(30,31)16-6-4-3-5-15(16)20(21,22)23/h3-6,11,13-14,26H,7-10H2,1-2H3,(H,24,25,28)/t13-/m0/s1. The Kier molecular flexibility index (Phi) is 7.12. The molecule has 2 aromatic rings. The van der Waals surface area contributed by atoms with Crippen molar-refractivity contribution in [3.63, 3.8) is 0 Å². The first-order chi connectivity index (χ1) is 15.4. The van der Waals surface area contributed by atoms with Crippen molar-refractivity contribution in [2.75, 3.05) is 18.4 Å². The van der Waals surface area contributed by atoms with Crippen molar-refractivity contribution in [1.29, 1.82) is 0 Å². The van der Waals surface area contributed by atoms with Crippen LogP contribution in [0.3, 0.4) is 0 Å². The van der Waals surface area contributed by atoms with Crippen LogP contribution in [-0.2, 0) is 25.8 Å². The quantitative estimate of drug-likeness (QED) is 0.645. The van der Waals surface area contributed by atoms with Gasteiger partial charge >= 0.3 is 6.18 Å². The van der Waals surface area contributed by atoms with Gasteiger partial charge in [0.05, 0.1) is 16.5 Å². The van der Waals surface area contributed by atoms with Crippen LogP contribution in [-0.4, -0.2) is 49.4 Å². The molecule has 2 amide bonds. The van der Waals surface area contributed by atoms with Crippen molar-refractivity contribution in [3.8, 4) is 0 Å². The lowest BCUT2D eigenvalue weighted by Gasteiger charge is -2.33. The van der Waals surface area contributed by atoms with Gasteiger partial charge in [0.25, 0.3) is 0 Å². The number of carbonyl (C=O) groups excluding carboxylic acids is 2. The molecule has 1 saturated heterocycles. The summed E-state index contributed by atoms with van der Waals surface area (Å²) in [6, 6.07) is 4.04. The highest BCUT2D eigenvalue weighted by molar-refractivity contribution is 7.89. The largest absolute Gasteiger partial charge is 0.417 e. The number of anilines is 1. The monoisotopic (exact) mass is 488 g/mol. The summed E-state index contributed by atoms with van der Waals surface area (Å²) in [5.41, 5.74) is -1.31. The van der Waals surface area contributed by atoms with Crippen molar-refractivity contribution in [2.24, 2.45) is 5.92 Å². The summed E-state index contributed by atoms with van der Waals surface area (Å²) in [4.78, 5) is 25.5. The summed E-state index contributed by atoms with van der Waals surface area (Å²) in [5.74, 6) is -0.406. The first-order valence-corrected chi connectivity index (χ1v) is 11.6. The molecule has 1 aliphatic heterocycles. The molecule has 0 aliphatic carbocycles. The summed E-state index contributed by atoms with van der Waals surface area (Å²) in [6.45, 7) is 3.34. The van der Waals surface area contributed by atoms with E-state index in [-0.39, 0.29) is 30.7 Å². The molecular formula is C20H23F3N4O5S. The van der Waals surface area contributed by atoms with Gasteiger partial charge in [-0.05, 0) is 38.8 Å². The van der Waals surface area contributed by atoms with Crippen molar-refractivity contribution in [2.45, 2.75) is 43.8 Å². The number of benzene rings is 1.